The van der Waals surface area contributed by atoms with Gasteiger partial charge in [0.05, 0.1) is 11.5 Å². The van der Waals surface area contributed by atoms with E-state index in [0.717, 1.165) is 9.78 Å². The lowest BCUT2D eigenvalue weighted by atomic mass is 10.2. The molecule has 21 heavy (non-hydrogen) atoms. The van der Waals surface area contributed by atoms with Gasteiger partial charge in [0.2, 0.25) is 0 Å². The van der Waals surface area contributed by atoms with Crippen LogP contribution in [0.25, 0.3) is 10.8 Å². The van der Waals surface area contributed by atoms with Crippen LogP contribution in [0.5, 0.6) is 0 Å². The Morgan fingerprint density at radius 2 is 2.38 bits per heavy atom. The maximum absolute atomic E-state index is 11.4. The van der Waals surface area contributed by atoms with Gasteiger partial charge in [-0.05, 0) is 18.4 Å². The molecule has 0 aliphatic heterocycles. The number of primary amides is 1. The van der Waals surface area contributed by atoms with Gasteiger partial charge in [0.15, 0.2) is 12.6 Å². The Morgan fingerprint density at radius 1 is 1.57 bits per heavy atom. The number of hydrogen-bond donors (Lipinski definition) is 2. The van der Waals surface area contributed by atoms with E-state index in [1.165, 1.54) is 11.3 Å². The third-order valence-electron chi connectivity index (χ3n) is 3.24. The molecule has 2 atom stereocenters. The van der Waals surface area contributed by atoms with Crippen LogP contribution in [0.3, 0.4) is 0 Å². The second-order valence-electron chi connectivity index (χ2n) is 4.68. The first-order valence-corrected chi connectivity index (χ1v) is 7.49. The van der Waals surface area contributed by atoms with E-state index in [9.17, 15) is 4.79 Å². The molecule has 2 rings (SSSR count). The van der Waals surface area contributed by atoms with Crippen LogP contribution in [0.1, 0.15) is 12.8 Å². The predicted molar refractivity (Wildman–Crippen MR) is 77.7 cm³/mol. The number of nitrogens with two attached hydrogens (primary N) is 1. The summed E-state index contributed by atoms with van der Waals surface area (Å²) >= 11 is 1.54. The van der Waals surface area contributed by atoms with Crippen molar-refractivity contribution in [2.45, 2.75) is 19.5 Å². The highest BCUT2D eigenvalue weighted by Crippen LogP contribution is 2.22. The van der Waals surface area contributed by atoms with Gasteiger partial charge in [-0.2, -0.15) is 0 Å². The molecule has 2 heterocycles. The minimum Gasteiger partial charge on any atom is -0.414 e. The van der Waals surface area contributed by atoms with Gasteiger partial charge in [-0.15, -0.1) is 21.5 Å². The first-order chi connectivity index (χ1) is 10.1. The first-order valence-electron chi connectivity index (χ1n) is 6.61. The zero-order valence-corrected chi connectivity index (χ0v) is 12.9. The van der Waals surface area contributed by atoms with Gasteiger partial charge in [-0.3, -0.25) is 4.79 Å². The standard InChI is InChI=1S/C13H18N4O3S/c1-9(12(14)18)17(5-6-19-2)8-11-15-16-13(20-11)10-4-3-7-21-10/h3-4,7,9H,5-6,8H2,1-2H3,(H2,14,18)/p+1/t9-/m1/s1. The highest BCUT2D eigenvalue weighted by Gasteiger charge is 2.25. The van der Waals surface area contributed by atoms with E-state index in [1.807, 2.05) is 17.5 Å². The number of aromatic nitrogens is 2. The van der Waals surface area contributed by atoms with Gasteiger partial charge in [0.25, 0.3) is 17.7 Å². The molecule has 8 heteroatoms. The van der Waals surface area contributed by atoms with Crippen molar-refractivity contribution < 1.29 is 18.8 Å². The number of carbonyl (C=O) groups excluding carboxylic acids is 1. The molecule has 0 saturated carbocycles. The molecule has 114 valence electrons. The van der Waals surface area contributed by atoms with E-state index in [1.54, 1.807) is 14.0 Å². The Hall–Kier alpha value is -1.77. The van der Waals surface area contributed by atoms with Crippen molar-refractivity contribution in [2.75, 3.05) is 20.3 Å². The van der Waals surface area contributed by atoms with Crippen LogP contribution in [0.4, 0.5) is 0 Å². The number of ether oxygens (including phenoxy) is 1. The van der Waals surface area contributed by atoms with E-state index in [-0.39, 0.29) is 11.9 Å². The van der Waals surface area contributed by atoms with Gasteiger partial charge < -0.3 is 19.8 Å². The number of quaternary nitrogens is 1. The summed E-state index contributed by atoms with van der Waals surface area (Å²) in [4.78, 5) is 13.2. The van der Waals surface area contributed by atoms with Crippen LogP contribution < -0.4 is 10.6 Å². The number of thiophene rings is 1. The third kappa shape index (κ3) is 4.10. The quantitative estimate of drug-likeness (QED) is 0.698. The second-order valence-corrected chi connectivity index (χ2v) is 5.63. The fraction of sp³-hybridized carbons (Fsp3) is 0.462. The maximum Gasteiger partial charge on any atom is 0.275 e. The summed E-state index contributed by atoms with van der Waals surface area (Å²) in [7, 11) is 1.62. The van der Waals surface area contributed by atoms with Crippen molar-refractivity contribution in [1.29, 1.82) is 0 Å². The highest BCUT2D eigenvalue weighted by molar-refractivity contribution is 7.13. The molecule has 0 saturated heterocycles. The summed E-state index contributed by atoms with van der Waals surface area (Å²) in [5.74, 6) is 0.620. The van der Waals surface area contributed by atoms with E-state index >= 15 is 0 Å². The number of carbonyl (C=O) groups is 1. The fourth-order valence-electron chi connectivity index (χ4n) is 1.91. The molecule has 0 aliphatic carbocycles. The van der Waals surface area contributed by atoms with Crippen LogP contribution in [-0.2, 0) is 16.1 Å². The fourth-order valence-corrected chi connectivity index (χ4v) is 2.56. The zero-order chi connectivity index (χ0) is 15.2. The Bertz CT molecular complexity index is 570. The maximum atomic E-state index is 11.4. The van der Waals surface area contributed by atoms with E-state index in [2.05, 4.69) is 10.2 Å². The second kappa shape index (κ2) is 7.30. The average molecular weight is 311 g/mol. The summed E-state index contributed by atoms with van der Waals surface area (Å²) in [6, 6.07) is 3.50. The van der Waals surface area contributed by atoms with Crippen molar-refractivity contribution in [3.8, 4) is 10.8 Å². The molecule has 1 amide bonds. The number of hydrogen-bond acceptors (Lipinski definition) is 6. The Kier molecular flexibility index (Phi) is 5.43. The van der Waals surface area contributed by atoms with Gasteiger partial charge in [0.1, 0.15) is 6.54 Å². The SMILES string of the molecule is COCC[NH+](Cc1nnc(-c2cccs2)o1)[C@H](C)C(N)=O. The number of nitrogens with one attached hydrogen (secondary N) is 1. The average Bonchev–Trinajstić information content (AvgIpc) is 3.13. The normalized spacial score (nSPS) is 14.0. The van der Waals surface area contributed by atoms with Crippen LogP contribution in [-0.4, -0.2) is 42.4 Å². The number of nitrogens with zero attached hydrogens (tertiary/aromatic N) is 2. The lowest BCUT2D eigenvalue weighted by molar-refractivity contribution is -0.929. The molecule has 7 nitrogen and oxygen atoms in total. The molecule has 0 aromatic carbocycles. The largest absolute Gasteiger partial charge is 0.414 e. The number of methoxy groups -OCH3 is 1. The molecule has 0 spiro atoms. The molecule has 0 radical (unpaired) electrons. The molecular weight excluding hydrogens is 292 g/mol. The Balaban J connectivity index is 2.07. The van der Waals surface area contributed by atoms with Gasteiger partial charge in [0, 0.05) is 7.11 Å². The van der Waals surface area contributed by atoms with Crippen molar-refractivity contribution in [3.63, 3.8) is 0 Å². The van der Waals surface area contributed by atoms with Crippen molar-refractivity contribution >= 4 is 17.2 Å². The third-order valence-corrected chi connectivity index (χ3v) is 4.10. The zero-order valence-electron chi connectivity index (χ0n) is 12.0. The first kappa shape index (κ1) is 15.6. The van der Waals surface area contributed by atoms with Crippen LogP contribution in [0.2, 0.25) is 0 Å². The molecule has 2 aromatic heterocycles. The highest BCUT2D eigenvalue weighted by atomic mass is 32.1. The molecular formula is C13H19N4O3S+. The smallest absolute Gasteiger partial charge is 0.275 e. The number of rotatable bonds is 8. The molecule has 3 N–H and O–H groups in total. The molecule has 0 bridgehead atoms. The summed E-state index contributed by atoms with van der Waals surface area (Å²) in [5.41, 5.74) is 5.38. The van der Waals surface area contributed by atoms with Gasteiger partial charge in [-0.1, -0.05) is 6.07 Å². The molecule has 2 aromatic rings. The van der Waals surface area contributed by atoms with Gasteiger partial charge in [-0.25, -0.2) is 0 Å². The minimum atomic E-state index is -0.362. The molecule has 0 fully saturated rings. The van der Waals surface area contributed by atoms with Crippen molar-refractivity contribution in [3.05, 3.63) is 23.4 Å². The van der Waals surface area contributed by atoms with Crippen molar-refractivity contribution in [1.82, 2.24) is 10.2 Å². The topological polar surface area (TPSA) is 95.7 Å². The lowest BCUT2D eigenvalue weighted by Crippen LogP contribution is -3.16. The predicted octanol–water partition coefficient (Wildman–Crippen LogP) is -0.297. The minimum absolute atomic E-state index is 0.350. The monoisotopic (exact) mass is 311 g/mol. The van der Waals surface area contributed by atoms with E-state index in [4.69, 9.17) is 14.9 Å². The van der Waals surface area contributed by atoms with E-state index in [0.29, 0.717) is 31.5 Å². The summed E-state index contributed by atoms with van der Waals surface area (Å²) < 4.78 is 10.7. The van der Waals surface area contributed by atoms with Gasteiger partial charge >= 0.3 is 0 Å². The Morgan fingerprint density at radius 3 is 3.00 bits per heavy atom. The van der Waals surface area contributed by atoms with Crippen LogP contribution >= 0.6 is 11.3 Å². The number of amides is 1. The molecule has 0 aliphatic rings. The van der Waals surface area contributed by atoms with E-state index < -0.39 is 0 Å². The summed E-state index contributed by atoms with van der Waals surface area (Å²) in [6.07, 6.45) is 0. The van der Waals surface area contributed by atoms with Crippen LogP contribution in [0, 0.1) is 0 Å². The lowest BCUT2D eigenvalue weighted by Gasteiger charge is -2.21. The van der Waals surface area contributed by atoms with Crippen LogP contribution in [0.15, 0.2) is 21.9 Å². The Labute approximate surface area is 126 Å². The molecule has 1 unspecified atom stereocenters. The summed E-state index contributed by atoms with van der Waals surface area (Å²) in [6.45, 7) is 3.38. The summed E-state index contributed by atoms with van der Waals surface area (Å²) in [5, 5.41) is 10.0. The van der Waals surface area contributed by atoms with Crippen molar-refractivity contribution in [2.24, 2.45) is 5.73 Å².